The van der Waals surface area contributed by atoms with E-state index >= 15 is 0 Å². The summed E-state index contributed by atoms with van der Waals surface area (Å²) in [4.78, 5) is 0. The first-order valence-electron chi connectivity index (χ1n) is 3.38. The summed E-state index contributed by atoms with van der Waals surface area (Å²) in [7, 11) is 0. The third kappa shape index (κ3) is 1.67. The zero-order valence-corrected chi connectivity index (χ0v) is 5.85. The molecule has 11 heavy (non-hydrogen) atoms. The Morgan fingerprint density at radius 3 is 2.45 bits per heavy atom. The van der Waals surface area contributed by atoms with Crippen molar-refractivity contribution in [2.24, 2.45) is 0 Å². The fourth-order valence-electron chi connectivity index (χ4n) is 1.00. The smallest absolute Gasteiger partial charge is 0.118 e. The van der Waals surface area contributed by atoms with E-state index in [0.29, 0.717) is 0 Å². The van der Waals surface area contributed by atoms with Crippen LogP contribution in [0.5, 0.6) is 0 Å². The van der Waals surface area contributed by atoms with Gasteiger partial charge >= 0.3 is 0 Å². The average molecular weight is 166 g/mol. The van der Waals surface area contributed by atoms with Crippen molar-refractivity contribution < 1.29 is 24.4 Å². The van der Waals surface area contributed by atoms with Gasteiger partial charge in [-0.05, 0) is 0 Å². The highest BCUT2D eigenvalue weighted by Gasteiger charge is 2.37. The minimum Gasteiger partial charge on any atom is -0.388 e. The van der Waals surface area contributed by atoms with Crippen molar-refractivity contribution in [1.29, 1.82) is 0 Å². The number of ether oxygens (including phenoxy) is 1. The Labute approximate surface area is 63.2 Å². The van der Waals surface area contributed by atoms with Gasteiger partial charge in [0, 0.05) is 0 Å². The van der Waals surface area contributed by atoms with Crippen LogP contribution < -0.4 is 0 Å². The summed E-state index contributed by atoms with van der Waals surface area (Å²) in [6, 6.07) is 0. The van der Waals surface area contributed by atoms with E-state index in [0.717, 1.165) is 0 Å². The molecule has 3 N–H and O–H groups in total. The molecule has 0 amide bonds. The number of hydrogen-bond acceptors (Lipinski definition) is 4. The first-order valence-corrected chi connectivity index (χ1v) is 3.38. The lowest BCUT2D eigenvalue weighted by Gasteiger charge is -2.33. The summed E-state index contributed by atoms with van der Waals surface area (Å²) in [6.07, 6.45) is -4.76. The van der Waals surface area contributed by atoms with Gasteiger partial charge in [0.1, 0.15) is 31.1 Å². The molecule has 1 rings (SSSR count). The number of alkyl halides is 1. The number of rotatable bonds is 1. The molecule has 1 heterocycles. The van der Waals surface area contributed by atoms with Crippen molar-refractivity contribution in [3.63, 3.8) is 0 Å². The van der Waals surface area contributed by atoms with E-state index in [1.165, 1.54) is 0 Å². The molecule has 5 heteroatoms. The molecule has 0 saturated carbocycles. The van der Waals surface area contributed by atoms with Crippen molar-refractivity contribution in [2.75, 3.05) is 13.3 Å². The molecule has 0 aromatic heterocycles. The summed E-state index contributed by atoms with van der Waals surface area (Å²) in [6.45, 7) is -0.988. The molecular formula is C6H11FO4. The Bertz CT molecular complexity index is 130. The SMILES string of the molecule is O[C@H]1[C@H](O)[C@@H](CF)OC[C@@H]1O. The van der Waals surface area contributed by atoms with Crippen LogP contribution in [0.15, 0.2) is 0 Å². The highest BCUT2D eigenvalue weighted by molar-refractivity contribution is 4.85. The van der Waals surface area contributed by atoms with Crippen LogP contribution in [0.1, 0.15) is 0 Å². The molecule has 0 aromatic rings. The van der Waals surface area contributed by atoms with Crippen LogP contribution in [0.4, 0.5) is 4.39 Å². The zero-order valence-electron chi connectivity index (χ0n) is 5.85. The van der Waals surface area contributed by atoms with Gasteiger partial charge in [-0.25, -0.2) is 4.39 Å². The zero-order chi connectivity index (χ0) is 8.43. The third-order valence-electron chi connectivity index (χ3n) is 1.76. The van der Waals surface area contributed by atoms with Crippen LogP contribution in [0.3, 0.4) is 0 Å². The summed E-state index contributed by atoms with van der Waals surface area (Å²) in [5.74, 6) is 0. The molecule has 0 spiro atoms. The molecule has 0 unspecified atom stereocenters. The van der Waals surface area contributed by atoms with E-state index in [1.54, 1.807) is 0 Å². The molecular weight excluding hydrogens is 155 g/mol. The predicted molar refractivity (Wildman–Crippen MR) is 33.7 cm³/mol. The fourth-order valence-corrected chi connectivity index (χ4v) is 1.00. The number of aliphatic hydroxyl groups excluding tert-OH is 3. The first kappa shape index (κ1) is 8.86. The van der Waals surface area contributed by atoms with Gasteiger partial charge in [-0.1, -0.05) is 0 Å². The number of hydrogen-bond donors (Lipinski definition) is 3. The van der Waals surface area contributed by atoms with Crippen molar-refractivity contribution in [2.45, 2.75) is 24.4 Å². The molecule has 0 aliphatic carbocycles. The second-order valence-corrected chi connectivity index (χ2v) is 2.57. The van der Waals surface area contributed by atoms with Gasteiger partial charge in [0.2, 0.25) is 0 Å². The molecule has 4 nitrogen and oxygen atoms in total. The van der Waals surface area contributed by atoms with E-state index in [4.69, 9.17) is 15.3 Å². The lowest BCUT2D eigenvalue weighted by Crippen LogP contribution is -2.53. The van der Waals surface area contributed by atoms with Gasteiger partial charge < -0.3 is 20.1 Å². The second kappa shape index (κ2) is 3.44. The monoisotopic (exact) mass is 166 g/mol. The molecule has 1 aliphatic heterocycles. The molecule has 0 radical (unpaired) electrons. The Morgan fingerprint density at radius 2 is 1.91 bits per heavy atom. The highest BCUT2D eigenvalue weighted by atomic mass is 19.1. The Hall–Kier alpha value is -0.230. The minimum atomic E-state index is -1.33. The van der Waals surface area contributed by atoms with Gasteiger partial charge in [-0.15, -0.1) is 0 Å². The van der Waals surface area contributed by atoms with E-state index in [9.17, 15) is 4.39 Å². The van der Waals surface area contributed by atoms with Gasteiger partial charge in [0.25, 0.3) is 0 Å². The molecule has 0 aromatic carbocycles. The van der Waals surface area contributed by atoms with Crippen molar-refractivity contribution in [3.05, 3.63) is 0 Å². The fraction of sp³-hybridized carbons (Fsp3) is 1.00. The molecule has 1 saturated heterocycles. The van der Waals surface area contributed by atoms with E-state index < -0.39 is 31.1 Å². The topological polar surface area (TPSA) is 69.9 Å². The van der Waals surface area contributed by atoms with E-state index in [-0.39, 0.29) is 6.61 Å². The van der Waals surface area contributed by atoms with E-state index in [1.807, 2.05) is 0 Å². The van der Waals surface area contributed by atoms with Gasteiger partial charge in [0.05, 0.1) is 6.61 Å². The lowest BCUT2D eigenvalue weighted by molar-refractivity contribution is -0.190. The van der Waals surface area contributed by atoms with Crippen LogP contribution in [0.2, 0.25) is 0 Å². The van der Waals surface area contributed by atoms with Crippen LogP contribution in [0, 0.1) is 0 Å². The quantitative estimate of drug-likeness (QED) is 0.440. The normalized spacial score (nSPS) is 45.8. The Balaban J connectivity index is 2.52. The van der Waals surface area contributed by atoms with Crippen LogP contribution in [0.25, 0.3) is 0 Å². The summed E-state index contributed by atoms with van der Waals surface area (Å²) in [5.41, 5.74) is 0. The summed E-state index contributed by atoms with van der Waals surface area (Å²) >= 11 is 0. The van der Waals surface area contributed by atoms with Crippen LogP contribution in [-0.2, 0) is 4.74 Å². The number of halogens is 1. The molecule has 1 aliphatic rings. The number of aliphatic hydroxyl groups is 3. The maximum atomic E-state index is 12.0. The lowest BCUT2D eigenvalue weighted by atomic mass is 10.0. The van der Waals surface area contributed by atoms with Gasteiger partial charge in [-0.2, -0.15) is 0 Å². The molecule has 4 atom stereocenters. The van der Waals surface area contributed by atoms with Crippen LogP contribution >= 0.6 is 0 Å². The molecule has 1 fully saturated rings. The summed E-state index contributed by atoms with van der Waals surface area (Å²) in [5, 5.41) is 26.9. The molecule has 66 valence electrons. The minimum absolute atomic E-state index is 0.132. The third-order valence-corrected chi connectivity index (χ3v) is 1.76. The maximum Gasteiger partial charge on any atom is 0.118 e. The van der Waals surface area contributed by atoms with Crippen molar-refractivity contribution in [3.8, 4) is 0 Å². The second-order valence-electron chi connectivity index (χ2n) is 2.57. The van der Waals surface area contributed by atoms with Crippen LogP contribution in [-0.4, -0.2) is 53.0 Å². The van der Waals surface area contributed by atoms with Gasteiger partial charge in [0.15, 0.2) is 0 Å². The average Bonchev–Trinajstić information content (AvgIpc) is 2.01. The van der Waals surface area contributed by atoms with Crippen molar-refractivity contribution in [1.82, 2.24) is 0 Å². The van der Waals surface area contributed by atoms with E-state index in [2.05, 4.69) is 4.74 Å². The first-order chi connectivity index (χ1) is 5.16. The largest absolute Gasteiger partial charge is 0.388 e. The standard InChI is InChI=1S/C6H11FO4/c7-1-4-6(10)5(9)3(8)2-11-4/h3-6,8-10H,1-2H2/t3-,4+,5+,6+/m0/s1. The highest BCUT2D eigenvalue weighted by Crippen LogP contribution is 2.15. The molecule has 0 bridgehead atoms. The Morgan fingerprint density at radius 1 is 1.27 bits per heavy atom. The Kier molecular flexibility index (Phi) is 2.78. The predicted octanol–water partition coefficient (Wildman–Crippen LogP) is -1.56. The van der Waals surface area contributed by atoms with Crippen molar-refractivity contribution >= 4 is 0 Å². The maximum absolute atomic E-state index is 12.0. The summed E-state index contributed by atoms with van der Waals surface area (Å²) < 4.78 is 16.6. The van der Waals surface area contributed by atoms with Gasteiger partial charge in [-0.3, -0.25) is 0 Å².